The number of anilines is 1. The summed E-state index contributed by atoms with van der Waals surface area (Å²) >= 11 is 6.87. The molecule has 1 amide bonds. The number of carbonyl (C=O) groups is 1. The minimum absolute atomic E-state index is 0.111. The summed E-state index contributed by atoms with van der Waals surface area (Å²) in [5.74, 6) is 1.90. The van der Waals surface area contributed by atoms with Crippen molar-refractivity contribution in [2.45, 2.75) is 46.2 Å². The van der Waals surface area contributed by atoms with Crippen LogP contribution in [0.4, 0.5) is 5.82 Å². The van der Waals surface area contributed by atoms with Crippen molar-refractivity contribution in [1.82, 2.24) is 9.47 Å². The standard InChI is InChI=1S/C33H34N4O3S2/c1-4-36-30(35-16-14-24(15-17-35)18-23-8-6-5-7-9-23)27(22(2)28(20-34)31(36)38)19-29-32(39)37(33(41)42-29)21-25-10-12-26(40-3)13-11-25/h5-13,19,24H,4,14-18,21H2,1-3H3. The Bertz CT molecular complexity index is 1620. The van der Waals surface area contributed by atoms with Gasteiger partial charge in [0.15, 0.2) is 0 Å². The Balaban J connectivity index is 1.46. The molecule has 3 heterocycles. The van der Waals surface area contributed by atoms with E-state index in [-0.39, 0.29) is 17.0 Å². The molecule has 0 bridgehead atoms. The van der Waals surface area contributed by atoms with Crippen LogP contribution in [0.3, 0.4) is 0 Å². The lowest BCUT2D eigenvalue weighted by atomic mass is 9.90. The second-order valence-electron chi connectivity index (χ2n) is 10.6. The molecular weight excluding hydrogens is 565 g/mol. The number of thioether (sulfide) groups is 1. The summed E-state index contributed by atoms with van der Waals surface area (Å²) in [6.07, 6.45) is 4.86. The van der Waals surface area contributed by atoms with E-state index in [1.54, 1.807) is 23.5 Å². The molecule has 5 rings (SSSR count). The van der Waals surface area contributed by atoms with E-state index in [1.807, 2.05) is 43.3 Å². The van der Waals surface area contributed by atoms with Crippen LogP contribution < -0.4 is 15.2 Å². The summed E-state index contributed by atoms with van der Waals surface area (Å²) in [5, 5.41) is 9.91. The quantitative estimate of drug-likeness (QED) is 0.235. The second-order valence-corrected chi connectivity index (χ2v) is 12.3. The SMILES string of the molecule is CCn1c(N2CCC(Cc3ccccc3)CC2)c(C=C2SC(=S)N(Cc3ccc(OC)cc3)C2=O)c(C)c(C#N)c1=O. The van der Waals surface area contributed by atoms with E-state index in [4.69, 9.17) is 17.0 Å². The molecule has 2 saturated heterocycles. The van der Waals surface area contributed by atoms with Gasteiger partial charge in [0.25, 0.3) is 11.5 Å². The summed E-state index contributed by atoms with van der Waals surface area (Å²) < 4.78 is 7.41. The summed E-state index contributed by atoms with van der Waals surface area (Å²) in [6.45, 7) is 6.08. The van der Waals surface area contributed by atoms with Crippen LogP contribution in [0.25, 0.3) is 6.08 Å². The molecule has 0 spiro atoms. The lowest BCUT2D eigenvalue weighted by molar-refractivity contribution is -0.122. The van der Waals surface area contributed by atoms with E-state index in [0.717, 1.165) is 55.0 Å². The number of hydrogen-bond acceptors (Lipinski definition) is 7. The first-order valence-corrected chi connectivity index (χ1v) is 15.4. The Labute approximate surface area is 256 Å². The molecule has 0 N–H and O–H groups in total. The van der Waals surface area contributed by atoms with Crippen LogP contribution in [0, 0.1) is 24.2 Å². The smallest absolute Gasteiger partial charge is 0.270 e. The number of carbonyl (C=O) groups excluding carboxylic acids is 1. The number of amides is 1. The molecule has 1 aromatic heterocycles. The zero-order valence-electron chi connectivity index (χ0n) is 24.1. The number of piperidine rings is 1. The van der Waals surface area contributed by atoms with Gasteiger partial charge in [-0.05, 0) is 73.9 Å². The molecule has 0 atom stereocenters. The second kappa shape index (κ2) is 13.0. The van der Waals surface area contributed by atoms with Crippen molar-refractivity contribution in [3.8, 4) is 11.8 Å². The van der Waals surface area contributed by atoms with Crippen molar-refractivity contribution in [3.63, 3.8) is 0 Å². The van der Waals surface area contributed by atoms with Crippen LogP contribution in [0.15, 0.2) is 64.3 Å². The van der Waals surface area contributed by atoms with Gasteiger partial charge in [-0.2, -0.15) is 5.26 Å². The number of rotatable bonds is 8. The molecular formula is C33H34N4O3S2. The van der Waals surface area contributed by atoms with Gasteiger partial charge in [0.1, 0.15) is 27.5 Å². The molecule has 2 aromatic carbocycles. The molecule has 0 aliphatic carbocycles. The van der Waals surface area contributed by atoms with Gasteiger partial charge >= 0.3 is 0 Å². The molecule has 0 radical (unpaired) electrons. The third-order valence-corrected chi connectivity index (χ3v) is 9.47. The number of thiocarbonyl (C=S) groups is 1. The van der Waals surface area contributed by atoms with Crippen molar-refractivity contribution in [3.05, 3.63) is 97.7 Å². The third kappa shape index (κ3) is 6.01. The van der Waals surface area contributed by atoms with E-state index in [0.29, 0.717) is 33.8 Å². The zero-order chi connectivity index (χ0) is 29.8. The maximum absolute atomic E-state index is 13.6. The number of nitrogens with zero attached hydrogens (tertiary/aromatic N) is 4. The van der Waals surface area contributed by atoms with E-state index >= 15 is 0 Å². The van der Waals surface area contributed by atoms with Crippen LogP contribution in [0.1, 0.15) is 47.6 Å². The molecule has 2 aliphatic heterocycles. The molecule has 2 fully saturated rings. The number of ether oxygens (including phenoxy) is 1. The molecule has 3 aromatic rings. The van der Waals surface area contributed by atoms with Gasteiger partial charge in [-0.15, -0.1) is 0 Å². The fraction of sp³-hybridized carbons (Fsp3) is 0.333. The van der Waals surface area contributed by atoms with Crippen molar-refractivity contribution in [2.75, 3.05) is 25.1 Å². The largest absolute Gasteiger partial charge is 0.497 e. The first-order chi connectivity index (χ1) is 20.3. The molecule has 0 unspecified atom stereocenters. The lowest BCUT2D eigenvalue weighted by Gasteiger charge is -2.36. The Kier molecular flexibility index (Phi) is 9.15. The predicted molar refractivity (Wildman–Crippen MR) is 173 cm³/mol. The van der Waals surface area contributed by atoms with Crippen LogP contribution in [0.2, 0.25) is 0 Å². The van der Waals surface area contributed by atoms with Crippen molar-refractivity contribution in [2.24, 2.45) is 5.92 Å². The molecule has 2 aliphatic rings. The summed E-state index contributed by atoms with van der Waals surface area (Å²) in [4.78, 5) is 31.4. The highest BCUT2D eigenvalue weighted by Crippen LogP contribution is 2.37. The van der Waals surface area contributed by atoms with Gasteiger partial charge in [0.2, 0.25) is 0 Å². The first-order valence-electron chi connectivity index (χ1n) is 14.2. The Hall–Kier alpha value is -3.87. The van der Waals surface area contributed by atoms with Gasteiger partial charge in [-0.1, -0.05) is 66.4 Å². The number of methoxy groups -OCH3 is 1. The summed E-state index contributed by atoms with van der Waals surface area (Å²) in [6, 6.07) is 20.2. The summed E-state index contributed by atoms with van der Waals surface area (Å²) in [5.41, 5.74) is 3.43. The van der Waals surface area contributed by atoms with Crippen molar-refractivity contribution >= 4 is 46.1 Å². The van der Waals surface area contributed by atoms with Crippen LogP contribution >= 0.6 is 24.0 Å². The van der Waals surface area contributed by atoms with E-state index in [2.05, 4.69) is 35.2 Å². The Morgan fingerprint density at radius 1 is 1.07 bits per heavy atom. The van der Waals surface area contributed by atoms with Crippen LogP contribution in [0.5, 0.6) is 5.75 Å². The highest BCUT2D eigenvalue weighted by molar-refractivity contribution is 8.26. The number of aromatic nitrogens is 1. The highest BCUT2D eigenvalue weighted by Gasteiger charge is 2.34. The maximum Gasteiger partial charge on any atom is 0.270 e. The topological polar surface area (TPSA) is 78.6 Å². The lowest BCUT2D eigenvalue weighted by Crippen LogP contribution is -2.39. The predicted octanol–water partition coefficient (Wildman–Crippen LogP) is 5.92. The minimum Gasteiger partial charge on any atom is -0.497 e. The maximum atomic E-state index is 13.6. The molecule has 9 heteroatoms. The molecule has 0 saturated carbocycles. The molecule has 7 nitrogen and oxygen atoms in total. The molecule has 216 valence electrons. The number of pyridine rings is 1. The van der Waals surface area contributed by atoms with Crippen LogP contribution in [-0.4, -0.2) is 39.9 Å². The average Bonchev–Trinajstić information content (AvgIpc) is 3.27. The minimum atomic E-state index is -0.289. The Morgan fingerprint density at radius 3 is 2.38 bits per heavy atom. The van der Waals surface area contributed by atoms with Gasteiger partial charge in [0.05, 0.1) is 18.6 Å². The van der Waals surface area contributed by atoms with E-state index in [1.165, 1.54) is 17.3 Å². The van der Waals surface area contributed by atoms with Gasteiger partial charge in [-0.25, -0.2) is 0 Å². The highest BCUT2D eigenvalue weighted by atomic mass is 32.2. The number of hydrogen-bond donors (Lipinski definition) is 0. The van der Waals surface area contributed by atoms with Gasteiger partial charge < -0.3 is 9.64 Å². The third-order valence-electron chi connectivity index (χ3n) is 8.09. The first kappa shape index (κ1) is 29.6. The van der Waals surface area contributed by atoms with Gasteiger partial charge in [-0.3, -0.25) is 19.1 Å². The fourth-order valence-electron chi connectivity index (χ4n) is 5.76. The normalized spacial score (nSPS) is 16.8. The zero-order valence-corrected chi connectivity index (χ0v) is 25.8. The van der Waals surface area contributed by atoms with Gasteiger partial charge in [0, 0.05) is 25.2 Å². The van der Waals surface area contributed by atoms with E-state index < -0.39 is 0 Å². The monoisotopic (exact) mass is 598 g/mol. The van der Waals surface area contributed by atoms with Crippen molar-refractivity contribution in [1.29, 1.82) is 5.26 Å². The average molecular weight is 599 g/mol. The van der Waals surface area contributed by atoms with Crippen LogP contribution in [-0.2, 0) is 24.3 Å². The summed E-state index contributed by atoms with van der Waals surface area (Å²) in [7, 11) is 1.62. The number of benzene rings is 2. The van der Waals surface area contributed by atoms with E-state index in [9.17, 15) is 14.9 Å². The fourth-order valence-corrected chi connectivity index (χ4v) is 6.99. The van der Waals surface area contributed by atoms with Crippen molar-refractivity contribution < 1.29 is 9.53 Å². The number of nitriles is 1. The molecule has 42 heavy (non-hydrogen) atoms. The Morgan fingerprint density at radius 2 is 1.76 bits per heavy atom.